The van der Waals surface area contributed by atoms with Gasteiger partial charge in [0.1, 0.15) is 5.82 Å². The Labute approximate surface area is 104 Å². The Balaban J connectivity index is 2.04. The second-order valence-corrected chi connectivity index (χ2v) is 4.12. The van der Waals surface area contributed by atoms with Crippen molar-refractivity contribution in [1.29, 1.82) is 0 Å². The lowest BCUT2D eigenvalue weighted by Gasteiger charge is -2.06. The Hall–Kier alpha value is -1.55. The molecule has 0 saturated carbocycles. The summed E-state index contributed by atoms with van der Waals surface area (Å²) in [7, 11) is 0. The third kappa shape index (κ3) is 2.97. The molecule has 0 aliphatic heterocycles. The van der Waals surface area contributed by atoms with Gasteiger partial charge in [0.25, 0.3) is 0 Å². The molecule has 0 saturated heterocycles. The summed E-state index contributed by atoms with van der Waals surface area (Å²) < 4.78 is 15.2. The van der Waals surface area contributed by atoms with E-state index in [0.717, 1.165) is 12.1 Å². The molecule has 2 rings (SSSR count). The maximum Gasteiger partial charge on any atom is 0.146 e. The number of hydrogen-bond acceptors (Lipinski definition) is 2. The van der Waals surface area contributed by atoms with Gasteiger partial charge in [0, 0.05) is 29.9 Å². The third-order valence-electron chi connectivity index (χ3n) is 2.42. The van der Waals surface area contributed by atoms with Crippen LogP contribution in [0.1, 0.15) is 12.5 Å². The first-order valence-corrected chi connectivity index (χ1v) is 5.77. The zero-order valence-corrected chi connectivity index (χ0v) is 10.2. The quantitative estimate of drug-likeness (QED) is 0.906. The second-order valence-electron chi connectivity index (χ2n) is 3.68. The topological polar surface area (TPSA) is 29.9 Å². The average Bonchev–Trinajstić information content (AvgIpc) is 2.78. The molecule has 90 valence electrons. The lowest BCUT2D eigenvalue weighted by atomic mass is 10.3. The van der Waals surface area contributed by atoms with Crippen LogP contribution in [0.25, 0.3) is 0 Å². The van der Waals surface area contributed by atoms with Crippen molar-refractivity contribution in [3.05, 3.63) is 47.0 Å². The molecule has 0 bridgehead atoms. The smallest absolute Gasteiger partial charge is 0.146 e. The van der Waals surface area contributed by atoms with Gasteiger partial charge < -0.3 is 5.32 Å². The van der Waals surface area contributed by atoms with Gasteiger partial charge >= 0.3 is 0 Å². The van der Waals surface area contributed by atoms with Gasteiger partial charge in [-0.1, -0.05) is 11.6 Å². The molecule has 2 aromatic rings. The van der Waals surface area contributed by atoms with Crippen LogP contribution in [-0.4, -0.2) is 9.78 Å². The summed E-state index contributed by atoms with van der Waals surface area (Å²) in [5.74, 6) is -0.308. The Morgan fingerprint density at radius 1 is 1.47 bits per heavy atom. The van der Waals surface area contributed by atoms with Crippen LogP contribution in [-0.2, 0) is 13.1 Å². The highest BCUT2D eigenvalue weighted by Crippen LogP contribution is 2.20. The van der Waals surface area contributed by atoms with E-state index in [4.69, 9.17) is 11.6 Å². The summed E-state index contributed by atoms with van der Waals surface area (Å²) in [6.07, 6.45) is 3.69. The summed E-state index contributed by atoms with van der Waals surface area (Å²) in [6.45, 7) is 3.36. The van der Waals surface area contributed by atoms with E-state index in [1.807, 2.05) is 17.8 Å². The summed E-state index contributed by atoms with van der Waals surface area (Å²) in [5, 5.41) is 7.65. The molecule has 0 radical (unpaired) electrons. The van der Waals surface area contributed by atoms with Crippen LogP contribution in [0, 0.1) is 5.82 Å². The van der Waals surface area contributed by atoms with Gasteiger partial charge in [0.15, 0.2) is 0 Å². The first-order chi connectivity index (χ1) is 8.19. The zero-order chi connectivity index (χ0) is 12.3. The van der Waals surface area contributed by atoms with Crippen LogP contribution >= 0.6 is 11.6 Å². The van der Waals surface area contributed by atoms with E-state index >= 15 is 0 Å². The summed E-state index contributed by atoms with van der Waals surface area (Å²) >= 11 is 5.80. The predicted octanol–water partition coefficient (Wildman–Crippen LogP) is 3.31. The zero-order valence-electron chi connectivity index (χ0n) is 9.45. The summed E-state index contributed by atoms with van der Waals surface area (Å²) in [6, 6.07) is 4.44. The Morgan fingerprint density at radius 2 is 2.29 bits per heavy atom. The van der Waals surface area contributed by atoms with Gasteiger partial charge in [-0.2, -0.15) is 5.10 Å². The minimum Gasteiger partial charge on any atom is -0.378 e. The predicted molar refractivity (Wildman–Crippen MR) is 66.6 cm³/mol. The fourth-order valence-electron chi connectivity index (χ4n) is 1.50. The standard InChI is InChI=1S/C12H13ClFN3/c1-2-17-8-9(7-16-17)6-15-12-5-10(13)3-4-11(12)14/h3-5,7-8,15H,2,6H2,1H3. The number of aromatic nitrogens is 2. The molecule has 1 aromatic heterocycles. The minimum atomic E-state index is -0.308. The van der Waals surface area contributed by atoms with E-state index in [1.165, 1.54) is 12.1 Å². The molecule has 0 spiro atoms. The van der Waals surface area contributed by atoms with E-state index < -0.39 is 0 Å². The van der Waals surface area contributed by atoms with Crippen LogP contribution in [0.4, 0.5) is 10.1 Å². The lowest BCUT2D eigenvalue weighted by molar-refractivity contribution is 0.630. The first kappa shape index (κ1) is 11.9. The highest BCUT2D eigenvalue weighted by Gasteiger charge is 2.03. The normalized spacial score (nSPS) is 10.5. The summed E-state index contributed by atoms with van der Waals surface area (Å²) in [4.78, 5) is 0. The van der Waals surface area contributed by atoms with Crippen LogP contribution in [0.15, 0.2) is 30.6 Å². The van der Waals surface area contributed by atoms with Gasteiger partial charge in [0.05, 0.1) is 11.9 Å². The lowest BCUT2D eigenvalue weighted by Crippen LogP contribution is -2.00. The maximum absolute atomic E-state index is 13.4. The molecule has 0 fully saturated rings. The Morgan fingerprint density at radius 3 is 3.00 bits per heavy atom. The number of nitrogens with zero attached hydrogens (tertiary/aromatic N) is 2. The van der Waals surface area contributed by atoms with Crippen molar-refractivity contribution >= 4 is 17.3 Å². The molecular weight excluding hydrogens is 241 g/mol. The molecule has 17 heavy (non-hydrogen) atoms. The van der Waals surface area contributed by atoms with Crippen molar-refractivity contribution in [2.75, 3.05) is 5.32 Å². The highest BCUT2D eigenvalue weighted by molar-refractivity contribution is 6.30. The number of hydrogen-bond donors (Lipinski definition) is 1. The number of aryl methyl sites for hydroxylation is 1. The molecule has 1 N–H and O–H groups in total. The molecule has 0 atom stereocenters. The van der Waals surface area contributed by atoms with E-state index in [1.54, 1.807) is 12.3 Å². The fraction of sp³-hybridized carbons (Fsp3) is 0.250. The van der Waals surface area contributed by atoms with Gasteiger partial charge in [-0.15, -0.1) is 0 Å². The van der Waals surface area contributed by atoms with Gasteiger partial charge in [-0.25, -0.2) is 4.39 Å². The fourth-order valence-corrected chi connectivity index (χ4v) is 1.67. The highest BCUT2D eigenvalue weighted by atomic mass is 35.5. The van der Waals surface area contributed by atoms with Crippen molar-refractivity contribution in [2.24, 2.45) is 0 Å². The second kappa shape index (κ2) is 5.19. The largest absolute Gasteiger partial charge is 0.378 e. The van der Waals surface area contributed by atoms with Gasteiger partial charge in [0.2, 0.25) is 0 Å². The molecule has 0 unspecified atom stereocenters. The van der Waals surface area contributed by atoms with E-state index in [0.29, 0.717) is 17.3 Å². The number of halogens is 2. The van der Waals surface area contributed by atoms with Crippen molar-refractivity contribution in [2.45, 2.75) is 20.0 Å². The molecule has 1 heterocycles. The SMILES string of the molecule is CCn1cc(CNc2cc(Cl)ccc2F)cn1. The van der Waals surface area contributed by atoms with Gasteiger partial charge in [-0.05, 0) is 25.1 Å². The van der Waals surface area contributed by atoms with Crippen molar-refractivity contribution in [3.63, 3.8) is 0 Å². The van der Waals surface area contributed by atoms with Crippen LogP contribution < -0.4 is 5.32 Å². The Kier molecular flexibility index (Phi) is 3.64. The number of nitrogens with one attached hydrogen (secondary N) is 1. The van der Waals surface area contributed by atoms with Crippen LogP contribution in [0.2, 0.25) is 5.02 Å². The molecule has 0 amide bonds. The van der Waals surface area contributed by atoms with Gasteiger partial charge in [-0.3, -0.25) is 4.68 Å². The molecule has 0 aliphatic carbocycles. The monoisotopic (exact) mass is 253 g/mol. The number of benzene rings is 1. The van der Waals surface area contributed by atoms with Crippen molar-refractivity contribution in [3.8, 4) is 0 Å². The number of anilines is 1. The van der Waals surface area contributed by atoms with Crippen LogP contribution in [0.3, 0.4) is 0 Å². The van der Waals surface area contributed by atoms with Crippen molar-refractivity contribution < 1.29 is 4.39 Å². The van der Waals surface area contributed by atoms with E-state index in [2.05, 4.69) is 10.4 Å². The van der Waals surface area contributed by atoms with Crippen LogP contribution in [0.5, 0.6) is 0 Å². The molecule has 3 nitrogen and oxygen atoms in total. The summed E-state index contributed by atoms with van der Waals surface area (Å²) in [5.41, 5.74) is 1.41. The molecule has 1 aromatic carbocycles. The Bertz CT molecular complexity index is 510. The molecule has 0 aliphatic rings. The van der Waals surface area contributed by atoms with E-state index in [-0.39, 0.29) is 5.82 Å². The molecular formula is C12H13ClFN3. The van der Waals surface area contributed by atoms with E-state index in [9.17, 15) is 4.39 Å². The van der Waals surface area contributed by atoms with Crippen molar-refractivity contribution in [1.82, 2.24) is 9.78 Å². The minimum absolute atomic E-state index is 0.308. The third-order valence-corrected chi connectivity index (χ3v) is 2.66. The average molecular weight is 254 g/mol. The maximum atomic E-state index is 13.4. The molecule has 5 heteroatoms. The number of rotatable bonds is 4. The first-order valence-electron chi connectivity index (χ1n) is 5.39.